The van der Waals surface area contributed by atoms with Gasteiger partial charge in [0, 0.05) is 30.9 Å². The number of ketones is 1. The first-order valence-electron chi connectivity index (χ1n) is 5.89. The standard InChI is InChI=1S/C13H21NO2S/c1-13(2,3)11-9-17-12(14-11)8-10(15)6-5-7-16-4/h9H,5-8H2,1-4H3. The molecule has 0 N–H and O–H groups in total. The fraction of sp³-hybridized carbons (Fsp3) is 0.692. The molecule has 0 radical (unpaired) electrons. The van der Waals surface area contributed by atoms with E-state index in [0.717, 1.165) is 17.1 Å². The van der Waals surface area contributed by atoms with Gasteiger partial charge in [-0.2, -0.15) is 0 Å². The Morgan fingerprint density at radius 2 is 2.18 bits per heavy atom. The average molecular weight is 255 g/mol. The van der Waals surface area contributed by atoms with Crippen LogP contribution in [0.1, 0.15) is 44.3 Å². The molecule has 1 aromatic heterocycles. The third kappa shape index (κ3) is 4.96. The van der Waals surface area contributed by atoms with Gasteiger partial charge in [-0.1, -0.05) is 20.8 Å². The van der Waals surface area contributed by atoms with Crippen LogP contribution in [0.4, 0.5) is 0 Å². The van der Waals surface area contributed by atoms with Crippen LogP contribution in [-0.4, -0.2) is 24.5 Å². The minimum Gasteiger partial charge on any atom is -0.385 e. The van der Waals surface area contributed by atoms with E-state index in [0.29, 0.717) is 19.4 Å². The van der Waals surface area contributed by atoms with Crippen LogP contribution in [0, 0.1) is 0 Å². The molecule has 0 saturated carbocycles. The molecule has 0 bridgehead atoms. The van der Waals surface area contributed by atoms with E-state index in [2.05, 4.69) is 31.1 Å². The van der Waals surface area contributed by atoms with E-state index in [-0.39, 0.29) is 11.2 Å². The smallest absolute Gasteiger partial charge is 0.139 e. The SMILES string of the molecule is COCCCC(=O)Cc1nc(C(C)(C)C)cs1. The van der Waals surface area contributed by atoms with Crippen molar-refractivity contribution >= 4 is 17.1 Å². The van der Waals surface area contributed by atoms with Crippen molar-refractivity contribution in [3.8, 4) is 0 Å². The van der Waals surface area contributed by atoms with Crippen molar-refractivity contribution in [1.82, 2.24) is 4.98 Å². The van der Waals surface area contributed by atoms with E-state index in [1.165, 1.54) is 0 Å². The van der Waals surface area contributed by atoms with Crippen LogP contribution < -0.4 is 0 Å². The zero-order valence-corrected chi connectivity index (χ0v) is 11.9. The summed E-state index contributed by atoms with van der Waals surface area (Å²) in [5.41, 5.74) is 1.13. The second-order valence-corrected chi connectivity index (χ2v) is 6.13. The summed E-state index contributed by atoms with van der Waals surface area (Å²) in [5, 5.41) is 2.98. The van der Waals surface area contributed by atoms with Crippen molar-refractivity contribution in [2.75, 3.05) is 13.7 Å². The molecule has 0 atom stereocenters. The summed E-state index contributed by atoms with van der Waals surface area (Å²) >= 11 is 1.58. The van der Waals surface area contributed by atoms with Crippen LogP contribution >= 0.6 is 11.3 Å². The molecule has 0 aromatic carbocycles. The first kappa shape index (κ1) is 14.3. The van der Waals surface area contributed by atoms with Crippen LogP contribution in [0.15, 0.2) is 5.38 Å². The maximum absolute atomic E-state index is 11.7. The highest BCUT2D eigenvalue weighted by molar-refractivity contribution is 7.09. The molecule has 17 heavy (non-hydrogen) atoms. The monoisotopic (exact) mass is 255 g/mol. The third-order valence-corrected chi connectivity index (χ3v) is 3.32. The van der Waals surface area contributed by atoms with E-state index in [1.807, 2.05) is 0 Å². The summed E-state index contributed by atoms with van der Waals surface area (Å²) in [4.78, 5) is 16.2. The van der Waals surface area contributed by atoms with Gasteiger partial charge in [0.2, 0.25) is 0 Å². The fourth-order valence-corrected chi connectivity index (χ4v) is 2.46. The second kappa shape index (κ2) is 6.26. The second-order valence-electron chi connectivity index (χ2n) is 5.19. The van der Waals surface area contributed by atoms with E-state index in [9.17, 15) is 4.79 Å². The lowest BCUT2D eigenvalue weighted by Gasteiger charge is -2.14. The Hall–Kier alpha value is -0.740. The largest absolute Gasteiger partial charge is 0.385 e. The Morgan fingerprint density at radius 3 is 2.71 bits per heavy atom. The highest BCUT2D eigenvalue weighted by Crippen LogP contribution is 2.24. The maximum atomic E-state index is 11.7. The predicted molar refractivity (Wildman–Crippen MR) is 70.6 cm³/mol. The van der Waals surface area contributed by atoms with Gasteiger partial charge in [-0.3, -0.25) is 4.79 Å². The topological polar surface area (TPSA) is 39.2 Å². The van der Waals surface area contributed by atoms with E-state index in [1.54, 1.807) is 18.4 Å². The number of carbonyl (C=O) groups excluding carboxylic acids is 1. The molecule has 3 nitrogen and oxygen atoms in total. The zero-order chi connectivity index (χ0) is 12.9. The number of rotatable bonds is 6. The average Bonchev–Trinajstić information content (AvgIpc) is 2.66. The van der Waals surface area contributed by atoms with Crippen LogP contribution in [0.3, 0.4) is 0 Å². The molecule has 96 valence electrons. The van der Waals surface area contributed by atoms with Crippen LogP contribution in [-0.2, 0) is 21.4 Å². The van der Waals surface area contributed by atoms with Gasteiger partial charge in [-0.15, -0.1) is 11.3 Å². The zero-order valence-electron chi connectivity index (χ0n) is 11.1. The Balaban J connectivity index is 2.46. The summed E-state index contributed by atoms with van der Waals surface area (Å²) in [5.74, 6) is 0.247. The lowest BCUT2D eigenvalue weighted by atomic mass is 9.93. The number of hydrogen-bond acceptors (Lipinski definition) is 4. The minimum atomic E-state index is 0.0633. The summed E-state index contributed by atoms with van der Waals surface area (Å²) in [7, 11) is 1.65. The fourth-order valence-electron chi connectivity index (χ4n) is 1.41. The molecule has 1 heterocycles. The Kier molecular flexibility index (Phi) is 5.28. The van der Waals surface area contributed by atoms with Crippen molar-refractivity contribution < 1.29 is 9.53 Å². The molecular weight excluding hydrogens is 234 g/mol. The van der Waals surface area contributed by atoms with Crippen molar-refractivity contribution in [2.45, 2.75) is 45.4 Å². The molecule has 0 aliphatic rings. The third-order valence-electron chi connectivity index (χ3n) is 2.47. The highest BCUT2D eigenvalue weighted by Gasteiger charge is 2.18. The van der Waals surface area contributed by atoms with E-state index < -0.39 is 0 Å². The first-order chi connectivity index (χ1) is 7.93. The summed E-state index contributed by atoms with van der Waals surface area (Å²) in [6.45, 7) is 7.04. The van der Waals surface area contributed by atoms with Crippen molar-refractivity contribution in [3.63, 3.8) is 0 Å². The number of thiazole rings is 1. The minimum absolute atomic E-state index is 0.0633. The van der Waals surface area contributed by atoms with Gasteiger partial charge in [0.1, 0.15) is 10.8 Å². The number of nitrogens with zero attached hydrogens (tertiary/aromatic N) is 1. The van der Waals surface area contributed by atoms with Gasteiger partial charge in [0.25, 0.3) is 0 Å². The predicted octanol–water partition coefficient (Wildman–Crippen LogP) is 2.98. The van der Waals surface area contributed by atoms with Gasteiger partial charge in [0.05, 0.1) is 12.1 Å². The molecule has 4 heteroatoms. The molecule has 0 fully saturated rings. The van der Waals surface area contributed by atoms with Crippen molar-refractivity contribution in [1.29, 1.82) is 0 Å². The Bertz CT molecular complexity index is 366. The Morgan fingerprint density at radius 1 is 1.47 bits per heavy atom. The van der Waals surface area contributed by atoms with Crippen LogP contribution in [0.25, 0.3) is 0 Å². The molecule has 0 aliphatic carbocycles. The summed E-state index contributed by atoms with van der Waals surface area (Å²) < 4.78 is 4.93. The lowest BCUT2D eigenvalue weighted by Crippen LogP contribution is -2.12. The number of ether oxygens (including phenoxy) is 1. The van der Waals surface area contributed by atoms with Gasteiger partial charge in [-0.05, 0) is 6.42 Å². The normalized spacial score (nSPS) is 11.8. The van der Waals surface area contributed by atoms with Crippen LogP contribution in [0.5, 0.6) is 0 Å². The first-order valence-corrected chi connectivity index (χ1v) is 6.77. The van der Waals surface area contributed by atoms with E-state index >= 15 is 0 Å². The lowest BCUT2D eigenvalue weighted by molar-refractivity contribution is -0.118. The quantitative estimate of drug-likeness (QED) is 0.734. The van der Waals surface area contributed by atoms with Crippen molar-refractivity contribution in [3.05, 3.63) is 16.1 Å². The van der Waals surface area contributed by atoms with Gasteiger partial charge < -0.3 is 4.74 Å². The number of methoxy groups -OCH3 is 1. The number of hydrogen-bond donors (Lipinski definition) is 0. The molecule has 1 rings (SSSR count). The molecule has 0 spiro atoms. The number of Topliss-reactive ketones (excluding diaryl/α,β-unsaturated/α-hetero) is 1. The number of aromatic nitrogens is 1. The molecule has 0 unspecified atom stereocenters. The summed E-state index contributed by atoms with van der Waals surface area (Å²) in [6.07, 6.45) is 1.84. The van der Waals surface area contributed by atoms with Gasteiger partial charge >= 0.3 is 0 Å². The Labute approximate surface area is 107 Å². The molecule has 0 aliphatic heterocycles. The number of carbonyl (C=O) groups is 1. The molecule has 1 aromatic rings. The molecule has 0 saturated heterocycles. The van der Waals surface area contributed by atoms with Crippen LogP contribution in [0.2, 0.25) is 0 Å². The van der Waals surface area contributed by atoms with Gasteiger partial charge in [-0.25, -0.2) is 4.98 Å². The van der Waals surface area contributed by atoms with Crippen molar-refractivity contribution in [2.24, 2.45) is 0 Å². The van der Waals surface area contributed by atoms with E-state index in [4.69, 9.17) is 4.74 Å². The molecule has 0 amide bonds. The summed E-state index contributed by atoms with van der Waals surface area (Å²) in [6, 6.07) is 0. The highest BCUT2D eigenvalue weighted by atomic mass is 32.1. The van der Waals surface area contributed by atoms with Gasteiger partial charge in [0.15, 0.2) is 0 Å². The molecular formula is C13H21NO2S. The maximum Gasteiger partial charge on any atom is 0.139 e.